The van der Waals surface area contributed by atoms with Gasteiger partial charge in [0.15, 0.2) is 23.2 Å². The van der Waals surface area contributed by atoms with E-state index in [1.807, 2.05) is 0 Å². The number of hydrogen-bond acceptors (Lipinski definition) is 3. The van der Waals surface area contributed by atoms with Crippen LogP contribution in [0.1, 0.15) is 35.2 Å². The Hall–Kier alpha value is -2.05. The maximum absolute atomic E-state index is 14.2. The molecule has 0 spiro atoms. The lowest BCUT2D eigenvalue weighted by Crippen LogP contribution is -2.18. The molecule has 4 nitrogen and oxygen atoms in total. The molecule has 7 heteroatoms. The maximum atomic E-state index is 14.2. The summed E-state index contributed by atoms with van der Waals surface area (Å²) < 4.78 is 46.2. The summed E-state index contributed by atoms with van der Waals surface area (Å²) in [5, 5.41) is 1.79. The molecule has 0 heterocycles. The van der Waals surface area contributed by atoms with E-state index in [2.05, 4.69) is 4.74 Å². The number of ketones is 1. The second-order valence-corrected chi connectivity index (χ2v) is 4.42. The molecule has 1 aromatic rings. The Morgan fingerprint density at radius 2 is 1.75 bits per heavy atom. The molecule has 1 aromatic carbocycles. The molecule has 1 N–H and O–H groups in total. The van der Waals surface area contributed by atoms with E-state index in [0.717, 1.165) is 7.11 Å². The third-order valence-corrected chi connectivity index (χ3v) is 3.19. The van der Waals surface area contributed by atoms with Crippen molar-refractivity contribution >= 4 is 17.6 Å². The molecule has 1 aliphatic carbocycles. The van der Waals surface area contributed by atoms with E-state index < -0.39 is 40.6 Å². The Balaban J connectivity index is 2.62. The molecule has 0 fully saturated rings. The lowest BCUT2D eigenvalue weighted by atomic mass is 9.99. The number of carbonyl (C=O) groups is 2. The summed E-state index contributed by atoms with van der Waals surface area (Å²) in [5.41, 5.74) is -1.67. The summed E-state index contributed by atoms with van der Waals surface area (Å²) in [5.74, 6) is -4.78. The maximum Gasteiger partial charge on any atom is 0.411 e. The fraction of sp³-hybridized carbons (Fsp3) is 0.385. The highest BCUT2D eigenvalue weighted by atomic mass is 19.2. The van der Waals surface area contributed by atoms with Crippen molar-refractivity contribution in [2.75, 3.05) is 12.4 Å². The highest BCUT2D eigenvalue weighted by Crippen LogP contribution is 2.33. The number of anilines is 1. The Bertz CT molecular complexity index is 587. The van der Waals surface area contributed by atoms with Gasteiger partial charge >= 0.3 is 6.09 Å². The summed E-state index contributed by atoms with van der Waals surface area (Å²) in [7, 11) is 1.01. The van der Waals surface area contributed by atoms with Crippen LogP contribution in [0.25, 0.3) is 0 Å². The van der Waals surface area contributed by atoms with Crippen LogP contribution in [0.3, 0.4) is 0 Å². The van der Waals surface area contributed by atoms with Gasteiger partial charge in [0.05, 0.1) is 12.7 Å². The van der Waals surface area contributed by atoms with E-state index >= 15 is 0 Å². The van der Waals surface area contributed by atoms with Crippen LogP contribution in [0.15, 0.2) is 0 Å². The van der Waals surface area contributed by atoms with Crippen molar-refractivity contribution in [3.63, 3.8) is 0 Å². The van der Waals surface area contributed by atoms with E-state index in [1.54, 1.807) is 5.32 Å². The van der Waals surface area contributed by atoms with Crippen molar-refractivity contribution in [2.24, 2.45) is 0 Å². The number of hydrogen-bond donors (Lipinski definition) is 1. The zero-order valence-electron chi connectivity index (χ0n) is 10.7. The highest BCUT2D eigenvalue weighted by Gasteiger charge is 2.30. The number of nitrogens with one attached hydrogen (secondary N) is 1. The molecular formula is C13H12F3NO3. The number of rotatable bonds is 1. The van der Waals surface area contributed by atoms with Gasteiger partial charge in [-0.2, -0.15) is 0 Å². The summed E-state index contributed by atoms with van der Waals surface area (Å²) >= 11 is 0. The number of carbonyl (C=O) groups excluding carboxylic acids is 2. The summed E-state index contributed by atoms with van der Waals surface area (Å²) in [6, 6.07) is 0. The van der Waals surface area contributed by atoms with Crippen molar-refractivity contribution in [3.05, 3.63) is 28.6 Å². The van der Waals surface area contributed by atoms with Gasteiger partial charge in [-0.25, -0.2) is 18.0 Å². The minimum atomic E-state index is -1.60. The SMILES string of the molecule is COC(=O)Nc1c(F)c(F)c2c(c1F)CCCCC2=O. The molecule has 2 rings (SSSR count). The van der Waals surface area contributed by atoms with Crippen molar-refractivity contribution in [1.29, 1.82) is 0 Å². The second-order valence-electron chi connectivity index (χ2n) is 4.42. The topological polar surface area (TPSA) is 55.4 Å². The van der Waals surface area contributed by atoms with Gasteiger partial charge < -0.3 is 4.74 Å². The van der Waals surface area contributed by atoms with Crippen LogP contribution in [-0.2, 0) is 11.2 Å². The van der Waals surface area contributed by atoms with E-state index in [4.69, 9.17) is 0 Å². The van der Waals surface area contributed by atoms with Crippen LogP contribution in [0, 0.1) is 17.5 Å². The molecule has 0 aromatic heterocycles. The smallest absolute Gasteiger partial charge is 0.411 e. The monoisotopic (exact) mass is 287 g/mol. The molecule has 1 amide bonds. The van der Waals surface area contributed by atoms with Gasteiger partial charge in [0.2, 0.25) is 0 Å². The van der Waals surface area contributed by atoms with Gasteiger partial charge in [-0.1, -0.05) is 0 Å². The molecule has 0 bridgehead atoms. The van der Waals surface area contributed by atoms with Gasteiger partial charge in [-0.3, -0.25) is 10.1 Å². The largest absolute Gasteiger partial charge is 0.453 e. The molecule has 0 atom stereocenters. The van der Waals surface area contributed by atoms with Gasteiger partial charge in [0.1, 0.15) is 5.69 Å². The lowest BCUT2D eigenvalue weighted by molar-refractivity contribution is 0.0976. The summed E-state index contributed by atoms with van der Waals surface area (Å²) in [6.45, 7) is 0. The normalized spacial score (nSPS) is 14.5. The number of amides is 1. The first-order valence-corrected chi connectivity index (χ1v) is 6.04. The van der Waals surface area contributed by atoms with E-state index in [9.17, 15) is 22.8 Å². The fourth-order valence-corrected chi connectivity index (χ4v) is 2.21. The number of halogens is 3. The number of Topliss-reactive ketones (excluding diaryl/α,β-unsaturated/α-hetero) is 1. The number of methoxy groups -OCH3 is 1. The number of fused-ring (bicyclic) bond motifs is 1. The molecule has 0 saturated carbocycles. The van der Waals surface area contributed by atoms with Crippen molar-refractivity contribution in [2.45, 2.75) is 25.7 Å². The summed E-state index contributed by atoms with van der Waals surface area (Å²) in [6.07, 6.45) is 0.000662. The first-order chi connectivity index (χ1) is 9.47. The Labute approximate surface area is 112 Å². The van der Waals surface area contributed by atoms with E-state index in [-0.39, 0.29) is 18.4 Å². The standard InChI is InChI=1S/C13H12F3NO3/c1-20-13(19)17-12-9(14)6-4-2-3-5-7(18)8(6)10(15)11(12)16/h2-5H2,1H3,(H,17,19). The average Bonchev–Trinajstić information content (AvgIpc) is 2.63. The third-order valence-electron chi connectivity index (χ3n) is 3.19. The molecule has 1 aliphatic rings. The predicted octanol–water partition coefficient (Wildman–Crippen LogP) is 3.19. The van der Waals surface area contributed by atoms with Crippen LogP contribution in [0.2, 0.25) is 0 Å². The molecular weight excluding hydrogens is 275 g/mol. The van der Waals surface area contributed by atoms with Gasteiger partial charge in [-0.05, 0) is 19.3 Å². The quantitative estimate of drug-likeness (QED) is 0.637. The van der Waals surface area contributed by atoms with Gasteiger partial charge in [0, 0.05) is 12.0 Å². The lowest BCUT2D eigenvalue weighted by Gasteiger charge is -2.14. The molecule has 0 unspecified atom stereocenters. The number of ether oxygens (including phenoxy) is 1. The van der Waals surface area contributed by atoms with Gasteiger partial charge in [-0.15, -0.1) is 0 Å². The van der Waals surface area contributed by atoms with Crippen molar-refractivity contribution in [1.82, 2.24) is 0 Å². The second kappa shape index (κ2) is 5.52. The van der Waals surface area contributed by atoms with Crippen LogP contribution in [0.4, 0.5) is 23.7 Å². The Morgan fingerprint density at radius 3 is 2.40 bits per heavy atom. The van der Waals surface area contributed by atoms with Gasteiger partial charge in [0.25, 0.3) is 0 Å². The first-order valence-electron chi connectivity index (χ1n) is 6.04. The molecule has 0 radical (unpaired) electrons. The van der Waals surface area contributed by atoms with Crippen LogP contribution >= 0.6 is 0 Å². The third kappa shape index (κ3) is 2.35. The molecule has 20 heavy (non-hydrogen) atoms. The van der Waals surface area contributed by atoms with Crippen LogP contribution in [-0.4, -0.2) is 19.0 Å². The van der Waals surface area contributed by atoms with Crippen LogP contribution < -0.4 is 5.32 Å². The minimum absolute atomic E-state index is 0.0482. The zero-order valence-corrected chi connectivity index (χ0v) is 10.7. The van der Waals surface area contributed by atoms with Crippen LogP contribution in [0.5, 0.6) is 0 Å². The average molecular weight is 287 g/mol. The number of benzene rings is 1. The van der Waals surface area contributed by atoms with Crippen molar-refractivity contribution < 1.29 is 27.5 Å². The van der Waals surface area contributed by atoms with E-state index in [0.29, 0.717) is 12.8 Å². The first kappa shape index (κ1) is 14.4. The highest BCUT2D eigenvalue weighted by molar-refractivity contribution is 5.99. The summed E-state index contributed by atoms with van der Waals surface area (Å²) in [4.78, 5) is 22.8. The molecule has 0 aliphatic heterocycles. The molecule has 108 valence electrons. The van der Waals surface area contributed by atoms with Crippen molar-refractivity contribution in [3.8, 4) is 0 Å². The minimum Gasteiger partial charge on any atom is -0.453 e. The fourth-order valence-electron chi connectivity index (χ4n) is 2.21. The predicted molar refractivity (Wildman–Crippen MR) is 64.2 cm³/mol. The zero-order chi connectivity index (χ0) is 14.9. The Morgan fingerprint density at radius 1 is 1.10 bits per heavy atom. The Kier molecular flexibility index (Phi) is 3.96. The molecule has 0 saturated heterocycles. The van der Waals surface area contributed by atoms with E-state index in [1.165, 1.54) is 0 Å².